The summed E-state index contributed by atoms with van der Waals surface area (Å²) in [6.07, 6.45) is 1.15. The fourth-order valence-corrected chi connectivity index (χ4v) is 2.47. The Hall–Kier alpha value is -1.89. The van der Waals surface area contributed by atoms with Crippen molar-refractivity contribution < 1.29 is 17.9 Å². The second-order valence-electron chi connectivity index (χ2n) is 4.55. The Bertz CT molecular complexity index is 749. The predicted molar refractivity (Wildman–Crippen MR) is 74.3 cm³/mol. The van der Waals surface area contributed by atoms with Crippen molar-refractivity contribution in [3.8, 4) is 0 Å². The molecule has 1 heterocycles. The van der Waals surface area contributed by atoms with Crippen LogP contribution in [0.1, 0.15) is 25.6 Å². The maximum Gasteiger partial charge on any atom is 0.316 e. The minimum absolute atomic E-state index is 0.212. The van der Waals surface area contributed by atoms with E-state index >= 15 is 0 Å². The number of aromatic amines is 1. The lowest BCUT2D eigenvalue weighted by Gasteiger charge is -2.06. The molecule has 1 unspecified atom stereocenters. The third-order valence-corrected chi connectivity index (χ3v) is 4.06. The highest BCUT2D eigenvalue weighted by Crippen LogP contribution is 2.21. The first-order valence-corrected chi connectivity index (χ1v) is 8.08. The quantitative estimate of drug-likeness (QED) is 0.866. The summed E-state index contributed by atoms with van der Waals surface area (Å²) in [6.45, 7) is 3.73. The van der Waals surface area contributed by atoms with Crippen LogP contribution in [-0.4, -0.2) is 37.2 Å². The normalized spacial score (nSPS) is 13.3. The topological polar surface area (TPSA) is 89.1 Å². The molecule has 1 aromatic carbocycles. The first-order valence-electron chi connectivity index (χ1n) is 6.19. The van der Waals surface area contributed by atoms with Crippen molar-refractivity contribution in [2.75, 3.05) is 12.9 Å². The molecular formula is C13H16N2O4S. The summed E-state index contributed by atoms with van der Waals surface area (Å²) >= 11 is 0. The molecule has 2 aromatic rings. The molecule has 0 fully saturated rings. The molecule has 2 rings (SSSR count). The highest BCUT2D eigenvalue weighted by atomic mass is 32.2. The van der Waals surface area contributed by atoms with Gasteiger partial charge in [0.25, 0.3) is 0 Å². The standard InChI is InChI=1S/C13H16N2O4S/c1-4-19-13(16)8(2)12-14-10-6-5-9(20(3,17)18)7-11(10)15-12/h5-8H,4H2,1-3H3,(H,14,15). The van der Waals surface area contributed by atoms with E-state index in [4.69, 9.17) is 4.74 Å². The van der Waals surface area contributed by atoms with Crippen molar-refractivity contribution in [1.82, 2.24) is 9.97 Å². The zero-order chi connectivity index (χ0) is 14.9. The number of aromatic nitrogens is 2. The van der Waals surface area contributed by atoms with Gasteiger partial charge < -0.3 is 9.72 Å². The average Bonchev–Trinajstić information content (AvgIpc) is 2.79. The molecular weight excluding hydrogens is 280 g/mol. The van der Waals surface area contributed by atoms with E-state index in [0.29, 0.717) is 23.5 Å². The van der Waals surface area contributed by atoms with Crippen LogP contribution in [0.2, 0.25) is 0 Å². The lowest BCUT2D eigenvalue weighted by atomic mass is 10.2. The fraction of sp³-hybridized carbons (Fsp3) is 0.385. The first kappa shape index (κ1) is 14.5. The molecule has 0 aliphatic rings. The van der Waals surface area contributed by atoms with Crippen LogP contribution in [0.4, 0.5) is 0 Å². The summed E-state index contributed by atoms with van der Waals surface area (Å²) in [6, 6.07) is 4.62. The van der Waals surface area contributed by atoms with E-state index in [-0.39, 0.29) is 10.9 Å². The number of esters is 1. The van der Waals surface area contributed by atoms with E-state index in [1.165, 1.54) is 12.1 Å². The van der Waals surface area contributed by atoms with E-state index in [1.54, 1.807) is 19.9 Å². The molecule has 0 radical (unpaired) electrons. The summed E-state index contributed by atoms with van der Waals surface area (Å²) < 4.78 is 27.9. The molecule has 7 heteroatoms. The summed E-state index contributed by atoms with van der Waals surface area (Å²) in [5.74, 6) is -0.428. The third-order valence-electron chi connectivity index (χ3n) is 2.95. The largest absolute Gasteiger partial charge is 0.465 e. The molecule has 0 saturated heterocycles. The van der Waals surface area contributed by atoms with Gasteiger partial charge in [-0.05, 0) is 32.0 Å². The molecule has 1 atom stereocenters. The third kappa shape index (κ3) is 2.82. The summed E-state index contributed by atoms with van der Waals surface area (Å²) in [5.41, 5.74) is 1.20. The van der Waals surface area contributed by atoms with Crippen LogP contribution in [-0.2, 0) is 19.4 Å². The van der Waals surface area contributed by atoms with Gasteiger partial charge in [-0.2, -0.15) is 0 Å². The Balaban J connectivity index is 2.41. The lowest BCUT2D eigenvalue weighted by molar-refractivity contribution is -0.144. The van der Waals surface area contributed by atoms with Crippen LogP contribution >= 0.6 is 0 Å². The van der Waals surface area contributed by atoms with Gasteiger partial charge in [-0.1, -0.05) is 0 Å². The molecule has 1 aromatic heterocycles. The van der Waals surface area contributed by atoms with E-state index < -0.39 is 15.8 Å². The van der Waals surface area contributed by atoms with E-state index in [0.717, 1.165) is 6.26 Å². The number of nitrogens with zero attached hydrogens (tertiary/aromatic N) is 1. The number of nitrogens with one attached hydrogen (secondary N) is 1. The number of rotatable bonds is 4. The number of H-pyrrole nitrogens is 1. The van der Waals surface area contributed by atoms with Gasteiger partial charge in [-0.3, -0.25) is 4.79 Å². The highest BCUT2D eigenvalue weighted by Gasteiger charge is 2.20. The van der Waals surface area contributed by atoms with Crippen molar-refractivity contribution in [3.63, 3.8) is 0 Å². The predicted octanol–water partition coefficient (Wildman–Crippen LogP) is 1.63. The highest BCUT2D eigenvalue weighted by molar-refractivity contribution is 7.90. The second kappa shape index (κ2) is 5.24. The van der Waals surface area contributed by atoms with Crippen molar-refractivity contribution in [3.05, 3.63) is 24.0 Å². The SMILES string of the molecule is CCOC(=O)C(C)c1nc2ccc(S(C)(=O)=O)cc2[nH]1. The van der Waals surface area contributed by atoms with E-state index in [2.05, 4.69) is 9.97 Å². The van der Waals surface area contributed by atoms with Crippen molar-refractivity contribution in [1.29, 1.82) is 0 Å². The Kier molecular flexibility index (Phi) is 3.80. The van der Waals surface area contributed by atoms with Crippen molar-refractivity contribution >= 4 is 26.8 Å². The summed E-state index contributed by atoms with van der Waals surface area (Å²) in [5, 5.41) is 0. The lowest BCUT2D eigenvalue weighted by Crippen LogP contribution is -2.14. The maximum atomic E-state index is 11.7. The van der Waals surface area contributed by atoms with Gasteiger partial charge in [-0.25, -0.2) is 13.4 Å². The summed E-state index contributed by atoms with van der Waals surface area (Å²) in [4.78, 5) is 19.1. The molecule has 1 N–H and O–H groups in total. The van der Waals surface area contributed by atoms with E-state index in [1.807, 2.05) is 0 Å². The number of fused-ring (bicyclic) bond motifs is 1. The molecule has 6 nitrogen and oxygen atoms in total. The van der Waals surface area contributed by atoms with Crippen LogP contribution < -0.4 is 0 Å². The van der Waals surface area contributed by atoms with Crippen molar-refractivity contribution in [2.45, 2.75) is 24.7 Å². The molecule has 0 spiro atoms. The van der Waals surface area contributed by atoms with Gasteiger partial charge in [-0.15, -0.1) is 0 Å². The Morgan fingerprint density at radius 2 is 2.15 bits per heavy atom. The molecule has 0 aliphatic carbocycles. The van der Waals surface area contributed by atoms with Gasteiger partial charge >= 0.3 is 5.97 Å². The first-order chi connectivity index (χ1) is 9.32. The van der Waals surface area contributed by atoms with Crippen LogP contribution in [0.3, 0.4) is 0 Å². The van der Waals surface area contributed by atoms with E-state index in [9.17, 15) is 13.2 Å². The van der Waals surface area contributed by atoms with Gasteiger partial charge in [0, 0.05) is 6.26 Å². The Morgan fingerprint density at radius 3 is 2.75 bits per heavy atom. The average molecular weight is 296 g/mol. The second-order valence-corrected chi connectivity index (χ2v) is 6.56. The number of hydrogen-bond acceptors (Lipinski definition) is 5. The monoisotopic (exact) mass is 296 g/mol. The van der Waals surface area contributed by atoms with Crippen LogP contribution in [0, 0.1) is 0 Å². The zero-order valence-corrected chi connectivity index (χ0v) is 12.3. The van der Waals surface area contributed by atoms with Gasteiger partial charge in [0.15, 0.2) is 9.84 Å². The number of hydrogen-bond donors (Lipinski definition) is 1. The van der Waals surface area contributed by atoms with Crippen LogP contribution in [0.25, 0.3) is 11.0 Å². The van der Waals surface area contributed by atoms with Gasteiger partial charge in [0.2, 0.25) is 0 Å². The minimum atomic E-state index is -3.27. The Morgan fingerprint density at radius 1 is 1.45 bits per heavy atom. The van der Waals surface area contributed by atoms with Crippen LogP contribution in [0.5, 0.6) is 0 Å². The van der Waals surface area contributed by atoms with Crippen molar-refractivity contribution in [2.24, 2.45) is 0 Å². The molecule has 0 aliphatic heterocycles. The number of ether oxygens (including phenoxy) is 1. The fourth-order valence-electron chi connectivity index (χ4n) is 1.82. The zero-order valence-electron chi connectivity index (χ0n) is 11.5. The van der Waals surface area contributed by atoms with Gasteiger partial charge in [0.05, 0.1) is 22.5 Å². The molecule has 0 saturated carbocycles. The van der Waals surface area contributed by atoms with Crippen LogP contribution in [0.15, 0.2) is 23.1 Å². The minimum Gasteiger partial charge on any atom is -0.465 e. The number of benzene rings is 1. The number of imidazole rings is 1. The van der Waals surface area contributed by atoms with Gasteiger partial charge in [0.1, 0.15) is 11.7 Å². The molecule has 108 valence electrons. The maximum absolute atomic E-state index is 11.7. The summed E-state index contributed by atoms with van der Waals surface area (Å²) in [7, 11) is -3.27. The number of carbonyl (C=O) groups is 1. The Labute approximate surface area is 117 Å². The molecule has 0 amide bonds. The molecule has 0 bridgehead atoms. The molecule has 20 heavy (non-hydrogen) atoms. The smallest absolute Gasteiger partial charge is 0.316 e. The number of sulfone groups is 1. The number of carbonyl (C=O) groups excluding carboxylic acids is 1.